The number of phenols is 1. The molecule has 5 nitrogen and oxygen atoms in total. The molecule has 0 aliphatic carbocycles. The summed E-state index contributed by atoms with van der Waals surface area (Å²) in [6.45, 7) is 3.68. The van der Waals surface area contributed by atoms with Crippen molar-refractivity contribution in [1.82, 2.24) is 9.97 Å². The Morgan fingerprint density at radius 2 is 1.76 bits per heavy atom. The number of benzene rings is 1. The first-order valence-corrected chi connectivity index (χ1v) is 8.03. The van der Waals surface area contributed by atoms with Crippen molar-refractivity contribution in [2.75, 3.05) is 10.6 Å². The van der Waals surface area contributed by atoms with Crippen LogP contribution in [-0.4, -0.2) is 21.1 Å². The van der Waals surface area contributed by atoms with E-state index in [0.717, 1.165) is 6.07 Å². The predicted molar refractivity (Wildman–Crippen MR) is 91.8 cm³/mol. The van der Waals surface area contributed by atoms with Gasteiger partial charge in [-0.15, -0.1) is 0 Å². The molecule has 0 fully saturated rings. The van der Waals surface area contributed by atoms with Crippen LogP contribution in [0.1, 0.15) is 26.0 Å². The van der Waals surface area contributed by atoms with Crippen molar-refractivity contribution in [3.8, 4) is 5.75 Å². The lowest BCUT2D eigenvalue weighted by Gasteiger charge is -2.15. The van der Waals surface area contributed by atoms with E-state index < -0.39 is 11.9 Å². The first-order chi connectivity index (χ1) is 11.6. The highest BCUT2D eigenvalue weighted by molar-refractivity contribution is 6.37. The molecule has 1 aromatic carbocycles. The summed E-state index contributed by atoms with van der Waals surface area (Å²) in [5, 5.41) is 14.9. The molecule has 0 saturated heterocycles. The fourth-order valence-corrected chi connectivity index (χ4v) is 2.32. The lowest BCUT2D eigenvalue weighted by atomic mass is 10.2. The molecule has 136 valence electrons. The normalized spacial score (nSPS) is 12.8. The predicted octanol–water partition coefficient (Wildman–Crippen LogP) is 5.46. The molecule has 0 spiro atoms. The molecule has 2 aromatic rings. The summed E-state index contributed by atoms with van der Waals surface area (Å²) in [5.74, 6) is -0.555. The summed E-state index contributed by atoms with van der Waals surface area (Å²) in [6.07, 6.45) is -3.94. The van der Waals surface area contributed by atoms with Crippen LogP contribution in [0.4, 0.5) is 30.6 Å². The van der Waals surface area contributed by atoms with Crippen molar-refractivity contribution in [1.29, 1.82) is 0 Å². The Bertz CT molecular complexity index is 748. The lowest BCUT2D eigenvalue weighted by Crippen LogP contribution is -2.18. The van der Waals surface area contributed by atoms with Crippen molar-refractivity contribution in [2.24, 2.45) is 0 Å². The second-order valence-corrected chi connectivity index (χ2v) is 6.14. The quantitative estimate of drug-likeness (QED) is 0.587. The van der Waals surface area contributed by atoms with Crippen LogP contribution in [0.25, 0.3) is 0 Å². The highest BCUT2D eigenvalue weighted by atomic mass is 35.5. The van der Waals surface area contributed by atoms with Crippen molar-refractivity contribution in [3.63, 3.8) is 0 Å². The molecule has 25 heavy (non-hydrogen) atoms. The third-order valence-corrected chi connectivity index (χ3v) is 3.87. The number of nitrogens with one attached hydrogen (secondary N) is 2. The number of phenolic OH excluding ortho intramolecular Hbond substituents is 1. The first-order valence-electron chi connectivity index (χ1n) is 7.28. The van der Waals surface area contributed by atoms with Crippen molar-refractivity contribution in [3.05, 3.63) is 33.9 Å². The molecule has 3 N–H and O–H groups in total. The number of aromatic nitrogens is 2. The molecule has 0 bridgehead atoms. The highest BCUT2D eigenvalue weighted by Gasteiger charge is 2.34. The minimum absolute atomic E-state index is 0.0435. The van der Waals surface area contributed by atoms with Gasteiger partial charge in [-0.2, -0.15) is 18.2 Å². The molecule has 1 atom stereocenters. The fourth-order valence-electron chi connectivity index (χ4n) is 1.83. The van der Waals surface area contributed by atoms with Crippen molar-refractivity contribution < 1.29 is 18.3 Å². The second-order valence-electron chi connectivity index (χ2n) is 5.33. The minimum Gasteiger partial charge on any atom is -0.505 e. The molecule has 0 aliphatic heterocycles. The zero-order valence-electron chi connectivity index (χ0n) is 13.2. The van der Waals surface area contributed by atoms with Gasteiger partial charge in [0.05, 0.1) is 10.0 Å². The number of alkyl halides is 3. The average Bonchev–Trinajstić information content (AvgIpc) is 2.51. The summed E-state index contributed by atoms with van der Waals surface area (Å²) in [6, 6.07) is 3.31. The standard InChI is InChI=1S/C15H15Cl2F3N4O/c1-3-7(2)21-14-23-11(15(18,19)20)6-12(24-14)22-8-4-9(16)13(25)10(17)5-8/h4-7,25H,3H2,1-2H3,(H2,21,22,23,24)/t7-/m0/s1. The second kappa shape index (κ2) is 7.53. The SMILES string of the molecule is CC[C@H](C)Nc1nc(Nc2cc(Cl)c(O)c(Cl)c2)cc(C(F)(F)F)n1. The third kappa shape index (κ3) is 5.02. The van der Waals surface area contributed by atoms with Gasteiger partial charge in [-0.1, -0.05) is 30.1 Å². The molecular formula is C15H15Cl2F3N4O. The molecule has 0 amide bonds. The van der Waals surface area contributed by atoms with Gasteiger partial charge in [0.2, 0.25) is 5.95 Å². The van der Waals surface area contributed by atoms with Gasteiger partial charge in [-0.3, -0.25) is 0 Å². The van der Waals surface area contributed by atoms with E-state index in [4.69, 9.17) is 23.2 Å². The van der Waals surface area contributed by atoms with Crippen molar-refractivity contribution >= 4 is 40.7 Å². The molecule has 0 aliphatic rings. The maximum Gasteiger partial charge on any atom is 0.433 e. The molecular weight excluding hydrogens is 380 g/mol. The Hall–Kier alpha value is -1.93. The van der Waals surface area contributed by atoms with Crippen LogP contribution in [0.2, 0.25) is 10.0 Å². The van der Waals surface area contributed by atoms with Crippen LogP contribution in [0.3, 0.4) is 0 Å². The van der Waals surface area contributed by atoms with Gasteiger partial charge in [0.15, 0.2) is 11.4 Å². The Balaban J connectivity index is 2.40. The Morgan fingerprint density at radius 3 is 2.28 bits per heavy atom. The summed E-state index contributed by atoms with van der Waals surface area (Å²) >= 11 is 11.6. The van der Waals surface area contributed by atoms with Crippen molar-refractivity contribution in [2.45, 2.75) is 32.5 Å². The third-order valence-electron chi connectivity index (χ3n) is 3.29. The largest absolute Gasteiger partial charge is 0.505 e. The molecule has 10 heteroatoms. The van der Waals surface area contributed by atoms with Gasteiger partial charge < -0.3 is 15.7 Å². The number of anilines is 3. The van der Waals surface area contributed by atoms with Gasteiger partial charge in [0.1, 0.15) is 5.82 Å². The van der Waals surface area contributed by atoms with Gasteiger partial charge in [0.25, 0.3) is 0 Å². The van der Waals surface area contributed by atoms with Crippen LogP contribution in [0.5, 0.6) is 5.75 Å². The molecule has 1 aromatic heterocycles. The number of nitrogens with zero attached hydrogens (tertiary/aromatic N) is 2. The average molecular weight is 395 g/mol. The Labute approximate surface area is 152 Å². The number of aromatic hydroxyl groups is 1. The fraction of sp³-hybridized carbons (Fsp3) is 0.333. The first kappa shape index (κ1) is 19.4. The van der Waals surface area contributed by atoms with Crippen LogP contribution in [-0.2, 0) is 6.18 Å². The topological polar surface area (TPSA) is 70.1 Å². The zero-order chi connectivity index (χ0) is 18.8. The van der Waals surface area contributed by atoms with E-state index >= 15 is 0 Å². The van der Waals surface area contributed by atoms with E-state index in [1.165, 1.54) is 12.1 Å². The number of rotatable bonds is 5. The maximum absolute atomic E-state index is 13.1. The van der Waals surface area contributed by atoms with Gasteiger partial charge in [-0.05, 0) is 25.5 Å². The summed E-state index contributed by atoms with van der Waals surface area (Å²) in [4.78, 5) is 7.53. The Kier molecular flexibility index (Phi) is 5.84. The molecule has 1 heterocycles. The minimum atomic E-state index is -4.63. The summed E-state index contributed by atoms with van der Waals surface area (Å²) in [7, 11) is 0. The van der Waals surface area contributed by atoms with Crippen LogP contribution in [0.15, 0.2) is 18.2 Å². The van der Waals surface area contributed by atoms with E-state index in [-0.39, 0.29) is 39.3 Å². The lowest BCUT2D eigenvalue weighted by molar-refractivity contribution is -0.141. The highest BCUT2D eigenvalue weighted by Crippen LogP contribution is 2.36. The van der Waals surface area contributed by atoms with E-state index in [2.05, 4.69) is 20.6 Å². The maximum atomic E-state index is 13.1. The monoisotopic (exact) mass is 394 g/mol. The number of hydrogen-bond donors (Lipinski definition) is 3. The zero-order valence-corrected chi connectivity index (χ0v) is 14.8. The van der Waals surface area contributed by atoms with Gasteiger partial charge >= 0.3 is 6.18 Å². The molecule has 0 radical (unpaired) electrons. The van der Waals surface area contributed by atoms with E-state index in [1.807, 2.05) is 6.92 Å². The Morgan fingerprint density at radius 1 is 1.16 bits per heavy atom. The summed E-state index contributed by atoms with van der Waals surface area (Å²) in [5.41, 5.74) is -0.819. The van der Waals surface area contributed by atoms with Crippen LogP contribution < -0.4 is 10.6 Å². The number of hydrogen-bond acceptors (Lipinski definition) is 5. The number of halogens is 5. The van der Waals surface area contributed by atoms with E-state index in [9.17, 15) is 18.3 Å². The van der Waals surface area contributed by atoms with E-state index in [0.29, 0.717) is 6.42 Å². The van der Waals surface area contributed by atoms with Crippen LogP contribution in [0, 0.1) is 0 Å². The van der Waals surface area contributed by atoms with Gasteiger partial charge in [0, 0.05) is 17.8 Å². The molecule has 0 unspecified atom stereocenters. The van der Waals surface area contributed by atoms with Crippen LogP contribution >= 0.6 is 23.2 Å². The van der Waals surface area contributed by atoms with Gasteiger partial charge in [-0.25, -0.2) is 4.98 Å². The molecule has 0 saturated carbocycles. The summed E-state index contributed by atoms with van der Waals surface area (Å²) < 4.78 is 39.2. The van der Waals surface area contributed by atoms with E-state index in [1.54, 1.807) is 6.92 Å². The smallest absolute Gasteiger partial charge is 0.433 e. The molecule has 2 rings (SSSR count).